The lowest BCUT2D eigenvalue weighted by molar-refractivity contribution is -0.870. The molecule has 2 N–H and O–H groups in total. The van der Waals surface area contributed by atoms with Crippen molar-refractivity contribution in [2.24, 2.45) is 0 Å². The molecule has 0 saturated heterocycles. The molecule has 82 heavy (non-hydrogen) atoms. The van der Waals surface area contributed by atoms with Gasteiger partial charge in [0.15, 0.2) is 0 Å². The molecule has 0 radical (unpaired) electrons. The van der Waals surface area contributed by atoms with Gasteiger partial charge in [-0.3, -0.25) is 18.6 Å². The van der Waals surface area contributed by atoms with Gasteiger partial charge >= 0.3 is 13.8 Å². The number of phosphoric acid groups is 1. The average molecular weight is 1170 g/mol. The van der Waals surface area contributed by atoms with Crippen molar-refractivity contribution in [2.75, 3.05) is 40.9 Å². The summed E-state index contributed by atoms with van der Waals surface area (Å²) in [6, 6.07) is -0.865. The molecule has 0 aliphatic heterocycles. The van der Waals surface area contributed by atoms with Crippen LogP contribution in [0.2, 0.25) is 0 Å². The Bertz CT molecular complexity index is 1680. The molecule has 0 aliphatic rings. The summed E-state index contributed by atoms with van der Waals surface area (Å²) >= 11 is 0. The van der Waals surface area contributed by atoms with E-state index >= 15 is 0 Å². The molecule has 1 amide bonds. The minimum atomic E-state index is -4.46. The lowest BCUT2D eigenvalue weighted by atomic mass is 10.0. The normalized spacial score (nSPS) is 14.1. The first-order valence-electron chi connectivity index (χ1n) is 34.4. The predicted octanol–water partition coefficient (Wildman–Crippen LogP) is 21.7. The summed E-state index contributed by atoms with van der Waals surface area (Å²) in [4.78, 5) is 37.8. The predicted molar refractivity (Wildman–Crippen MR) is 355 cm³/mol. The van der Waals surface area contributed by atoms with Crippen LogP contribution in [0.3, 0.4) is 0 Å². The number of quaternary nitrogens is 1. The summed E-state index contributed by atoms with van der Waals surface area (Å²) in [6.45, 7) is 6.96. The highest BCUT2D eigenvalue weighted by molar-refractivity contribution is 7.47. The number of amides is 1. The van der Waals surface area contributed by atoms with Crippen molar-refractivity contribution in [3.05, 3.63) is 85.1 Å². The van der Waals surface area contributed by atoms with Crippen LogP contribution >= 0.6 is 7.82 Å². The van der Waals surface area contributed by atoms with Gasteiger partial charge < -0.3 is 19.4 Å². The molecule has 0 aromatic rings. The topological polar surface area (TPSA) is 111 Å². The fraction of sp³-hybridized carbons (Fsp3) is 0.778. The zero-order valence-corrected chi connectivity index (χ0v) is 55.4. The molecule has 3 atom stereocenters. The highest BCUT2D eigenvalue weighted by Gasteiger charge is 2.30. The second-order valence-electron chi connectivity index (χ2n) is 24.3. The molecule has 0 spiro atoms. The monoisotopic (exact) mass is 1170 g/mol. The summed E-state index contributed by atoms with van der Waals surface area (Å²) in [6.07, 6.45) is 81.6. The van der Waals surface area contributed by atoms with Crippen molar-refractivity contribution in [1.29, 1.82) is 0 Å². The van der Waals surface area contributed by atoms with Gasteiger partial charge in [0.2, 0.25) is 5.91 Å². The molecule has 0 bridgehead atoms. The Morgan fingerprint density at radius 3 is 1.15 bits per heavy atom. The van der Waals surface area contributed by atoms with Crippen LogP contribution in [0.15, 0.2) is 85.1 Å². The van der Waals surface area contributed by atoms with Crippen LogP contribution in [-0.4, -0.2) is 74.3 Å². The van der Waals surface area contributed by atoms with Crippen LogP contribution in [-0.2, 0) is 27.9 Å². The molecule has 10 heteroatoms. The third kappa shape index (κ3) is 61.7. The van der Waals surface area contributed by atoms with Gasteiger partial charge in [-0.1, -0.05) is 273 Å². The molecule has 0 saturated carbocycles. The smallest absolute Gasteiger partial charge is 0.456 e. The van der Waals surface area contributed by atoms with Crippen LogP contribution in [0.1, 0.15) is 310 Å². The van der Waals surface area contributed by atoms with Gasteiger partial charge in [-0.25, -0.2) is 4.57 Å². The lowest BCUT2D eigenvalue weighted by Crippen LogP contribution is -2.47. The SMILES string of the molecule is CCCCC/C=C\C/C=C\C/C=C\C/C=C\CCCCCC(=O)OC(/C=C\CCCCCCCCCCCC)C(COP(=O)(O)OCC[N+](C)(C)C)NC(=O)CCCCCCCCCCCCCCCCC/C=C\C/C=C\CCCCC. The number of carbonyl (C=O) groups is 2. The van der Waals surface area contributed by atoms with Crippen molar-refractivity contribution in [3.63, 3.8) is 0 Å². The number of ether oxygens (including phenoxy) is 1. The molecule has 0 aliphatic carbocycles. The molecule has 0 rings (SSSR count). The quantitative estimate of drug-likeness (QED) is 0.0205. The maximum absolute atomic E-state index is 13.6. The molecular formula is C72H132N2O7P+. The second kappa shape index (κ2) is 61.3. The number of rotatable bonds is 62. The van der Waals surface area contributed by atoms with Crippen LogP contribution in [0.4, 0.5) is 0 Å². The number of esters is 1. The summed E-state index contributed by atoms with van der Waals surface area (Å²) in [7, 11) is 1.48. The Hall–Kier alpha value is -2.81. The standard InChI is InChI=1S/C72H131N2O7P/c1-7-10-13-16-19-22-25-28-30-32-34-35-36-37-38-39-41-42-44-46-49-52-55-58-61-64-71(75)73-69(68-80-82(77,78)79-67-66-74(4,5)6)70(63-60-57-54-51-48-27-24-21-18-15-12-9-3)81-72(76)65-62-59-56-53-50-47-45-43-40-33-31-29-26-23-20-17-14-11-8-2/h19-20,22-23,28-31,40,43,47,50,60,63,69-70H,7-18,21,24-27,32-39,41-42,44-46,48-49,51-59,61-62,64-68H2,1-6H3,(H-,73,75,77,78)/p+1/b22-19-,23-20-,30-28-,31-29-,43-40-,50-47-,63-60-. The first-order valence-corrected chi connectivity index (χ1v) is 35.9. The van der Waals surface area contributed by atoms with E-state index < -0.39 is 20.0 Å². The fourth-order valence-corrected chi connectivity index (χ4v) is 10.5. The molecule has 0 heterocycles. The van der Waals surface area contributed by atoms with Crippen molar-refractivity contribution in [2.45, 2.75) is 322 Å². The van der Waals surface area contributed by atoms with E-state index in [1.165, 1.54) is 186 Å². The number of nitrogens with one attached hydrogen (secondary N) is 1. The van der Waals surface area contributed by atoms with Crippen molar-refractivity contribution in [3.8, 4) is 0 Å². The first-order chi connectivity index (χ1) is 39.9. The maximum atomic E-state index is 13.6. The van der Waals surface area contributed by atoms with E-state index in [1.807, 2.05) is 33.3 Å². The summed E-state index contributed by atoms with van der Waals surface area (Å²) in [5.41, 5.74) is 0. The molecule has 476 valence electrons. The van der Waals surface area contributed by atoms with Gasteiger partial charge in [-0.15, -0.1) is 0 Å². The van der Waals surface area contributed by atoms with Crippen molar-refractivity contribution in [1.82, 2.24) is 5.32 Å². The third-order valence-electron chi connectivity index (χ3n) is 15.1. The number of carbonyl (C=O) groups excluding carboxylic acids is 2. The van der Waals surface area contributed by atoms with E-state index in [0.29, 0.717) is 23.9 Å². The van der Waals surface area contributed by atoms with Gasteiger partial charge in [0.25, 0.3) is 0 Å². The van der Waals surface area contributed by atoms with Crippen molar-refractivity contribution < 1.29 is 37.3 Å². The zero-order chi connectivity index (χ0) is 60.0. The Balaban J connectivity index is 5.13. The lowest BCUT2D eigenvalue weighted by Gasteiger charge is -2.27. The van der Waals surface area contributed by atoms with E-state index in [1.54, 1.807) is 0 Å². The van der Waals surface area contributed by atoms with E-state index in [-0.39, 0.29) is 31.5 Å². The first kappa shape index (κ1) is 79.2. The van der Waals surface area contributed by atoms with E-state index in [2.05, 4.69) is 99.0 Å². The molecule has 3 unspecified atom stereocenters. The van der Waals surface area contributed by atoms with Crippen LogP contribution in [0.5, 0.6) is 0 Å². The third-order valence-corrected chi connectivity index (χ3v) is 16.0. The fourth-order valence-electron chi connectivity index (χ4n) is 9.72. The summed E-state index contributed by atoms with van der Waals surface area (Å²) in [5.74, 6) is -0.536. The van der Waals surface area contributed by atoms with E-state index in [9.17, 15) is 19.0 Å². The Morgan fingerprint density at radius 1 is 0.427 bits per heavy atom. The number of phosphoric ester groups is 1. The molecular weight excluding hydrogens is 1040 g/mol. The van der Waals surface area contributed by atoms with E-state index in [0.717, 1.165) is 83.5 Å². The van der Waals surface area contributed by atoms with Crippen LogP contribution in [0, 0.1) is 0 Å². The van der Waals surface area contributed by atoms with Gasteiger partial charge in [0.1, 0.15) is 19.3 Å². The highest BCUT2D eigenvalue weighted by Crippen LogP contribution is 2.43. The number of nitrogens with zero attached hydrogens (tertiary/aromatic N) is 1. The number of likely N-dealkylation sites (N-methyl/N-ethyl adjacent to an activating group) is 1. The molecule has 0 aromatic heterocycles. The molecule has 0 fully saturated rings. The minimum absolute atomic E-state index is 0.0326. The zero-order valence-electron chi connectivity index (χ0n) is 54.5. The van der Waals surface area contributed by atoms with Gasteiger partial charge in [-0.05, 0) is 109 Å². The summed E-state index contributed by atoms with van der Waals surface area (Å²) in [5, 5.41) is 3.06. The van der Waals surface area contributed by atoms with Gasteiger partial charge in [-0.2, -0.15) is 0 Å². The molecule has 9 nitrogen and oxygen atoms in total. The Kier molecular flexibility index (Phi) is 59.2. The Labute approximate surface area is 507 Å². The van der Waals surface area contributed by atoms with Gasteiger partial charge in [0.05, 0.1) is 33.8 Å². The maximum Gasteiger partial charge on any atom is 0.472 e. The second-order valence-corrected chi connectivity index (χ2v) is 25.8. The highest BCUT2D eigenvalue weighted by atomic mass is 31.2. The number of allylic oxidation sites excluding steroid dienone is 13. The summed E-state index contributed by atoms with van der Waals surface area (Å²) < 4.78 is 30.8. The Morgan fingerprint density at radius 2 is 0.744 bits per heavy atom. The van der Waals surface area contributed by atoms with Crippen molar-refractivity contribution >= 4 is 19.7 Å². The van der Waals surface area contributed by atoms with Crippen LogP contribution < -0.4 is 5.32 Å². The van der Waals surface area contributed by atoms with E-state index in [4.69, 9.17) is 13.8 Å². The minimum Gasteiger partial charge on any atom is -0.456 e. The average Bonchev–Trinajstić information content (AvgIpc) is 3.44. The number of hydrogen-bond acceptors (Lipinski definition) is 6. The number of unbranched alkanes of at least 4 members (excludes halogenated alkanes) is 34. The molecule has 0 aromatic carbocycles. The van der Waals surface area contributed by atoms with Crippen LogP contribution in [0.25, 0.3) is 0 Å². The number of hydrogen-bond donors (Lipinski definition) is 2. The largest absolute Gasteiger partial charge is 0.472 e. The van der Waals surface area contributed by atoms with Gasteiger partial charge in [0, 0.05) is 12.8 Å².